The van der Waals surface area contributed by atoms with Gasteiger partial charge in [-0.05, 0) is 36.6 Å². The molecule has 1 saturated heterocycles. The van der Waals surface area contributed by atoms with Gasteiger partial charge in [0, 0.05) is 24.7 Å². The lowest BCUT2D eigenvalue weighted by molar-refractivity contribution is -0.118. The molecule has 2 N–H and O–H groups in total. The van der Waals surface area contributed by atoms with Gasteiger partial charge < -0.3 is 15.7 Å². The lowest BCUT2D eigenvalue weighted by Crippen LogP contribution is -2.26. The monoisotopic (exact) mass is 319 g/mol. The van der Waals surface area contributed by atoms with Gasteiger partial charge in [0.05, 0.1) is 11.8 Å². The molecule has 1 heterocycles. The first-order chi connectivity index (χ1) is 11.6. The predicted octanol–water partition coefficient (Wildman–Crippen LogP) is 3.90. The molecule has 0 saturated carbocycles. The van der Waals surface area contributed by atoms with Crippen LogP contribution in [0.15, 0.2) is 48.5 Å². The summed E-state index contributed by atoms with van der Waals surface area (Å²) in [5.41, 5.74) is 4.04. The van der Waals surface area contributed by atoms with E-state index in [1.807, 2.05) is 54.3 Å². The molecule has 122 valence electrons. The van der Waals surface area contributed by atoms with E-state index in [1.54, 1.807) is 0 Å². The summed E-state index contributed by atoms with van der Waals surface area (Å²) in [4.78, 5) is 14.6. The van der Waals surface area contributed by atoms with Crippen LogP contribution in [0, 0.1) is 17.7 Å². The minimum Gasteiger partial charge on any atom is -0.312 e. The number of aryl methyl sites for hydroxylation is 1. The van der Waals surface area contributed by atoms with Crippen LogP contribution in [0.2, 0.25) is 0 Å². The molecular formula is C20H21N3O. The van der Waals surface area contributed by atoms with Gasteiger partial charge in [0.1, 0.15) is 0 Å². The van der Waals surface area contributed by atoms with Gasteiger partial charge in [-0.3, -0.25) is 4.79 Å². The van der Waals surface area contributed by atoms with Gasteiger partial charge in [0.2, 0.25) is 5.91 Å². The van der Waals surface area contributed by atoms with Crippen LogP contribution in [0.1, 0.15) is 34.9 Å². The van der Waals surface area contributed by atoms with Crippen molar-refractivity contribution in [2.45, 2.75) is 25.2 Å². The summed E-state index contributed by atoms with van der Waals surface area (Å²) in [5, 5.41) is 14.7. The fraction of sp³-hybridized carbons (Fsp3) is 0.250. The maximum Gasteiger partial charge on any atom is 0.234 e. The van der Waals surface area contributed by atoms with Crippen molar-refractivity contribution >= 4 is 24.0 Å². The van der Waals surface area contributed by atoms with Crippen molar-refractivity contribution in [3.8, 4) is 0 Å². The second-order valence-corrected chi connectivity index (χ2v) is 6.20. The topological polar surface area (TPSA) is 68.0 Å². The zero-order valence-corrected chi connectivity index (χ0v) is 13.7. The number of benzene rings is 2. The van der Waals surface area contributed by atoms with Gasteiger partial charge in [-0.1, -0.05) is 42.0 Å². The van der Waals surface area contributed by atoms with Crippen molar-refractivity contribution in [3.63, 3.8) is 0 Å². The lowest BCUT2D eigenvalue weighted by Gasteiger charge is -2.18. The molecule has 4 nitrogen and oxygen atoms in total. The van der Waals surface area contributed by atoms with E-state index in [4.69, 9.17) is 10.8 Å². The van der Waals surface area contributed by atoms with Crippen LogP contribution in [0.3, 0.4) is 0 Å². The minimum absolute atomic E-state index is 0.0690. The van der Waals surface area contributed by atoms with Crippen LogP contribution in [0.4, 0.5) is 5.69 Å². The molecule has 0 bridgehead atoms. The molecule has 0 aliphatic carbocycles. The van der Waals surface area contributed by atoms with Gasteiger partial charge in [-0.15, -0.1) is 0 Å². The first-order valence-electron chi connectivity index (χ1n) is 8.13. The SMILES string of the molecule is Cc1cccc(C2CCN(c3ccc(C(C=N)C=N)cc3)C2=O)c1. The maximum absolute atomic E-state index is 12.8. The zero-order chi connectivity index (χ0) is 17.1. The molecule has 0 radical (unpaired) electrons. The Morgan fingerprint density at radius 3 is 2.46 bits per heavy atom. The zero-order valence-electron chi connectivity index (χ0n) is 13.7. The largest absolute Gasteiger partial charge is 0.312 e. The summed E-state index contributed by atoms with van der Waals surface area (Å²) < 4.78 is 0. The van der Waals surface area contributed by atoms with Crippen LogP contribution in [-0.2, 0) is 4.79 Å². The predicted molar refractivity (Wildman–Crippen MR) is 97.6 cm³/mol. The molecule has 1 aliphatic rings. The summed E-state index contributed by atoms with van der Waals surface area (Å²) in [6.45, 7) is 2.76. The number of rotatable bonds is 5. The molecular weight excluding hydrogens is 298 g/mol. The highest BCUT2D eigenvalue weighted by Gasteiger charge is 2.33. The van der Waals surface area contributed by atoms with Gasteiger partial charge in [0.25, 0.3) is 0 Å². The van der Waals surface area contributed by atoms with Gasteiger partial charge in [-0.25, -0.2) is 0 Å². The maximum atomic E-state index is 12.8. The number of carbonyl (C=O) groups excluding carboxylic acids is 1. The smallest absolute Gasteiger partial charge is 0.234 e. The molecule has 3 rings (SSSR count). The first-order valence-corrected chi connectivity index (χ1v) is 8.13. The number of amides is 1. The summed E-state index contributed by atoms with van der Waals surface area (Å²) in [7, 11) is 0. The van der Waals surface area contributed by atoms with Crippen LogP contribution < -0.4 is 4.90 Å². The fourth-order valence-electron chi connectivity index (χ4n) is 3.25. The molecule has 1 aliphatic heterocycles. The molecule has 1 fully saturated rings. The minimum atomic E-state index is -0.298. The van der Waals surface area contributed by atoms with Crippen molar-refractivity contribution in [2.24, 2.45) is 0 Å². The lowest BCUT2D eigenvalue weighted by atomic mass is 9.96. The van der Waals surface area contributed by atoms with Crippen LogP contribution in [0.25, 0.3) is 0 Å². The van der Waals surface area contributed by atoms with Crippen molar-refractivity contribution in [1.29, 1.82) is 10.8 Å². The number of hydrogen-bond donors (Lipinski definition) is 2. The molecule has 1 atom stereocenters. The Morgan fingerprint density at radius 1 is 1.12 bits per heavy atom. The summed E-state index contributed by atoms with van der Waals surface area (Å²) in [6, 6.07) is 15.8. The number of nitrogens with zero attached hydrogens (tertiary/aromatic N) is 1. The van der Waals surface area contributed by atoms with Crippen LogP contribution in [0.5, 0.6) is 0 Å². The van der Waals surface area contributed by atoms with Crippen molar-refractivity contribution < 1.29 is 4.79 Å². The summed E-state index contributed by atoms with van der Waals surface area (Å²) in [5.74, 6) is -0.224. The molecule has 0 spiro atoms. The van der Waals surface area contributed by atoms with Crippen molar-refractivity contribution in [3.05, 3.63) is 65.2 Å². The third-order valence-corrected chi connectivity index (χ3v) is 4.60. The Bertz CT molecular complexity index is 759. The van der Waals surface area contributed by atoms with E-state index in [9.17, 15) is 4.79 Å². The van der Waals surface area contributed by atoms with Gasteiger partial charge >= 0.3 is 0 Å². The number of nitrogens with one attached hydrogen (secondary N) is 2. The van der Waals surface area contributed by atoms with Gasteiger partial charge in [-0.2, -0.15) is 0 Å². The Labute approximate surface area is 142 Å². The highest BCUT2D eigenvalue weighted by Crippen LogP contribution is 2.32. The Balaban J connectivity index is 1.80. The van der Waals surface area contributed by atoms with Crippen molar-refractivity contribution in [2.75, 3.05) is 11.4 Å². The first kappa shape index (κ1) is 16.1. The number of anilines is 1. The summed E-state index contributed by atoms with van der Waals surface area (Å²) in [6.07, 6.45) is 3.32. The third kappa shape index (κ3) is 3.00. The van der Waals surface area contributed by atoms with Crippen molar-refractivity contribution in [1.82, 2.24) is 0 Å². The Kier molecular flexibility index (Phi) is 4.56. The second-order valence-electron chi connectivity index (χ2n) is 6.20. The van der Waals surface area contributed by atoms with E-state index in [0.717, 1.165) is 29.8 Å². The average Bonchev–Trinajstić information content (AvgIpc) is 2.98. The molecule has 24 heavy (non-hydrogen) atoms. The third-order valence-electron chi connectivity index (χ3n) is 4.60. The average molecular weight is 319 g/mol. The molecule has 2 aromatic rings. The highest BCUT2D eigenvalue weighted by molar-refractivity contribution is 6.00. The summed E-state index contributed by atoms with van der Waals surface area (Å²) >= 11 is 0. The molecule has 2 aromatic carbocycles. The quantitative estimate of drug-likeness (QED) is 0.806. The number of hydrogen-bond acceptors (Lipinski definition) is 3. The van der Waals surface area contributed by atoms with Gasteiger partial charge in [0.15, 0.2) is 0 Å². The van der Waals surface area contributed by atoms with E-state index in [2.05, 4.69) is 6.07 Å². The number of carbonyl (C=O) groups is 1. The van der Waals surface area contributed by atoms with Crippen LogP contribution in [-0.4, -0.2) is 24.9 Å². The van der Waals surface area contributed by atoms with E-state index in [0.29, 0.717) is 0 Å². The Hall–Kier alpha value is -2.75. The standard InChI is InChI=1S/C20H21N3O/c1-14-3-2-4-16(11-14)19-9-10-23(20(19)24)18-7-5-15(6-8-18)17(12-21)13-22/h2-8,11-13,17,19,21-22H,9-10H2,1H3. The normalized spacial score (nSPS) is 18.5. The van der Waals surface area contributed by atoms with E-state index in [1.165, 1.54) is 18.0 Å². The molecule has 4 heteroatoms. The Morgan fingerprint density at radius 2 is 1.83 bits per heavy atom. The second kappa shape index (κ2) is 6.79. The van der Waals surface area contributed by atoms with E-state index < -0.39 is 0 Å². The highest BCUT2D eigenvalue weighted by atomic mass is 16.2. The fourth-order valence-corrected chi connectivity index (χ4v) is 3.25. The molecule has 0 aromatic heterocycles. The van der Waals surface area contributed by atoms with E-state index in [-0.39, 0.29) is 17.7 Å². The van der Waals surface area contributed by atoms with Crippen LogP contribution >= 0.6 is 0 Å². The molecule has 1 unspecified atom stereocenters. The molecule has 1 amide bonds. The van der Waals surface area contributed by atoms with E-state index >= 15 is 0 Å².